The largest absolute Gasteiger partial charge is 0.469 e. The molecular formula is C20H36N2O6. The minimum atomic E-state index is -0.763. The number of alkyl carbamates (subject to hydrolysis) is 1. The van der Waals surface area contributed by atoms with Crippen LogP contribution in [0.3, 0.4) is 0 Å². The molecule has 0 heterocycles. The monoisotopic (exact) mass is 400 g/mol. The topological polar surface area (TPSA) is 117 Å². The summed E-state index contributed by atoms with van der Waals surface area (Å²) in [6.45, 7) is 10.7. The minimum absolute atomic E-state index is 0.155. The molecule has 3 N–H and O–H groups in total. The Morgan fingerprint density at radius 2 is 1.75 bits per heavy atom. The number of ether oxygens (including phenoxy) is 3. The summed E-state index contributed by atoms with van der Waals surface area (Å²) in [4.78, 5) is 36.4. The fourth-order valence-electron chi connectivity index (χ4n) is 4.04. The van der Waals surface area contributed by atoms with Crippen molar-refractivity contribution in [3.05, 3.63) is 0 Å². The number of carbonyl (C=O) groups is 3. The van der Waals surface area contributed by atoms with Crippen LogP contribution in [0.5, 0.6) is 0 Å². The molecule has 1 amide bonds. The number of hydrogen-bond donors (Lipinski definition) is 2. The van der Waals surface area contributed by atoms with E-state index in [9.17, 15) is 14.4 Å². The Balaban J connectivity index is 3.22. The van der Waals surface area contributed by atoms with Crippen molar-refractivity contribution in [1.82, 2.24) is 5.32 Å². The number of carbonyl (C=O) groups excluding carboxylic acids is 3. The van der Waals surface area contributed by atoms with Crippen LogP contribution in [-0.2, 0) is 23.8 Å². The van der Waals surface area contributed by atoms with Crippen molar-refractivity contribution in [2.45, 2.75) is 84.6 Å². The van der Waals surface area contributed by atoms with Gasteiger partial charge in [0.15, 0.2) is 0 Å². The van der Waals surface area contributed by atoms with E-state index in [4.69, 9.17) is 19.9 Å². The predicted molar refractivity (Wildman–Crippen MR) is 104 cm³/mol. The van der Waals surface area contributed by atoms with Gasteiger partial charge >= 0.3 is 18.0 Å². The van der Waals surface area contributed by atoms with Gasteiger partial charge in [0, 0.05) is 24.9 Å². The van der Waals surface area contributed by atoms with Crippen LogP contribution in [0.1, 0.15) is 60.8 Å². The highest BCUT2D eigenvalue weighted by Crippen LogP contribution is 2.39. The number of rotatable bonds is 7. The second-order valence-corrected chi connectivity index (χ2v) is 8.42. The Morgan fingerprint density at radius 3 is 2.18 bits per heavy atom. The van der Waals surface area contributed by atoms with E-state index in [1.54, 1.807) is 20.8 Å². The lowest BCUT2D eigenvalue weighted by atomic mass is 9.81. The molecule has 1 fully saturated rings. The van der Waals surface area contributed by atoms with E-state index in [2.05, 4.69) is 5.32 Å². The summed E-state index contributed by atoms with van der Waals surface area (Å²) >= 11 is 0. The molecule has 1 aliphatic rings. The lowest BCUT2D eigenvalue weighted by Crippen LogP contribution is -2.52. The highest BCUT2D eigenvalue weighted by Gasteiger charge is 2.53. The van der Waals surface area contributed by atoms with Gasteiger partial charge in [0.25, 0.3) is 0 Å². The van der Waals surface area contributed by atoms with Crippen molar-refractivity contribution in [2.24, 2.45) is 23.5 Å². The minimum Gasteiger partial charge on any atom is -0.469 e. The van der Waals surface area contributed by atoms with Crippen LogP contribution >= 0.6 is 0 Å². The summed E-state index contributed by atoms with van der Waals surface area (Å²) in [5.41, 5.74) is 5.91. The van der Waals surface area contributed by atoms with Gasteiger partial charge in [0.1, 0.15) is 11.7 Å². The molecule has 0 aromatic heterocycles. The standard InChI is InChI=1S/C20H36N2O6/c1-8-12(9-2)16(21)15-14(22-19(25)28-20(4,5)6)10-13(18(24)26-7)17(15)27-11(3)23/h12-17H,8-10,21H2,1-7H3,(H,22,25)/t13-,14+,15+,16-,17+/m0/s1. The van der Waals surface area contributed by atoms with Crippen LogP contribution in [0.2, 0.25) is 0 Å². The van der Waals surface area contributed by atoms with Crippen LogP contribution in [-0.4, -0.2) is 48.9 Å². The van der Waals surface area contributed by atoms with Crippen molar-refractivity contribution in [1.29, 1.82) is 0 Å². The lowest BCUT2D eigenvalue weighted by Gasteiger charge is -2.35. The summed E-state index contributed by atoms with van der Waals surface area (Å²) in [7, 11) is 1.29. The van der Waals surface area contributed by atoms with Gasteiger partial charge in [0.05, 0.1) is 13.0 Å². The first kappa shape index (κ1) is 24.2. The molecular weight excluding hydrogens is 364 g/mol. The maximum atomic E-state index is 12.4. The molecule has 0 aromatic carbocycles. The predicted octanol–water partition coefficient (Wildman–Crippen LogP) is 2.38. The average molecular weight is 401 g/mol. The van der Waals surface area contributed by atoms with Gasteiger partial charge in [-0.2, -0.15) is 0 Å². The zero-order valence-electron chi connectivity index (χ0n) is 18.1. The Kier molecular flexibility index (Phi) is 8.73. The number of esters is 2. The summed E-state index contributed by atoms with van der Waals surface area (Å²) in [5.74, 6) is -1.95. The van der Waals surface area contributed by atoms with Crippen molar-refractivity contribution in [3.63, 3.8) is 0 Å². The maximum Gasteiger partial charge on any atom is 0.407 e. The molecule has 8 heteroatoms. The molecule has 1 saturated carbocycles. The Morgan fingerprint density at radius 1 is 1.18 bits per heavy atom. The van der Waals surface area contributed by atoms with Gasteiger partial charge < -0.3 is 25.3 Å². The molecule has 0 aliphatic heterocycles. The molecule has 0 bridgehead atoms. The van der Waals surface area contributed by atoms with E-state index in [0.29, 0.717) is 0 Å². The van der Waals surface area contributed by atoms with Crippen LogP contribution in [0.25, 0.3) is 0 Å². The third-order valence-corrected chi connectivity index (χ3v) is 5.29. The molecule has 0 radical (unpaired) electrons. The van der Waals surface area contributed by atoms with Crippen LogP contribution < -0.4 is 11.1 Å². The molecule has 1 rings (SSSR count). The van der Waals surface area contributed by atoms with Crippen molar-refractivity contribution in [2.75, 3.05) is 7.11 Å². The molecule has 28 heavy (non-hydrogen) atoms. The number of amides is 1. The first-order valence-electron chi connectivity index (χ1n) is 9.95. The van der Waals surface area contributed by atoms with Gasteiger partial charge in [0.2, 0.25) is 0 Å². The fourth-order valence-corrected chi connectivity index (χ4v) is 4.04. The Bertz CT molecular complexity index is 555. The van der Waals surface area contributed by atoms with Crippen LogP contribution in [0.4, 0.5) is 4.79 Å². The summed E-state index contributed by atoms with van der Waals surface area (Å²) < 4.78 is 15.8. The molecule has 0 spiro atoms. The zero-order chi connectivity index (χ0) is 21.6. The van der Waals surface area contributed by atoms with E-state index >= 15 is 0 Å². The van der Waals surface area contributed by atoms with Crippen LogP contribution in [0.15, 0.2) is 0 Å². The quantitative estimate of drug-likeness (QED) is 0.498. The van der Waals surface area contributed by atoms with Gasteiger partial charge in [-0.1, -0.05) is 26.7 Å². The second kappa shape index (κ2) is 10.1. The van der Waals surface area contributed by atoms with Gasteiger partial charge in [-0.3, -0.25) is 9.59 Å². The number of nitrogens with one attached hydrogen (secondary N) is 1. The first-order chi connectivity index (χ1) is 12.9. The first-order valence-corrected chi connectivity index (χ1v) is 9.95. The number of methoxy groups -OCH3 is 1. The number of hydrogen-bond acceptors (Lipinski definition) is 7. The van der Waals surface area contributed by atoms with Crippen molar-refractivity contribution < 1.29 is 28.6 Å². The third-order valence-electron chi connectivity index (χ3n) is 5.29. The molecule has 1 aliphatic carbocycles. The number of nitrogens with two attached hydrogens (primary N) is 1. The Hall–Kier alpha value is -1.83. The fraction of sp³-hybridized carbons (Fsp3) is 0.850. The maximum absolute atomic E-state index is 12.4. The smallest absolute Gasteiger partial charge is 0.407 e. The summed E-state index contributed by atoms with van der Waals surface area (Å²) in [6.07, 6.45) is 0.584. The van der Waals surface area contributed by atoms with Gasteiger partial charge in [-0.05, 0) is 33.1 Å². The van der Waals surface area contributed by atoms with E-state index < -0.39 is 47.6 Å². The van der Waals surface area contributed by atoms with Crippen molar-refractivity contribution in [3.8, 4) is 0 Å². The Labute approximate surface area is 167 Å². The van der Waals surface area contributed by atoms with Crippen LogP contribution in [0, 0.1) is 17.8 Å². The second-order valence-electron chi connectivity index (χ2n) is 8.42. The SMILES string of the molecule is CCC(CC)[C@H](N)[C@@H]1[C@H](OC(C)=O)[C@@H](C(=O)OC)C[C@H]1NC(=O)OC(C)(C)C. The highest BCUT2D eigenvalue weighted by molar-refractivity contribution is 5.75. The molecule has 162 valence electrons. The normalized spacial score (nSPS) is 25.9. The highest BCUT2D eigenvalue weighted by atomic mass is 16.6. The zero-order valence-corrected chi connectivity index (χ0v) is 18.1. The average Bonchev–Trinajstić information content (AvgIpc) is 2.90. The molecule has 8 nitrogen and oxygen atoms in total. The lowest BCUT2D eigenvalue weighted by molar-refractivity contribution is -0.159. The van der Waals surface area contributed by atoms with E-state index in [1.165, 1.54) is 14.0 Å². The summed E-state index contributed by atoms with van der Waals surface area (Å²) in [6, 6.07) is -0.840. The molecule has 0 saturated heterocycles. The molecule has 0 unspecified atom stereocenters. The van der Waals surface area contributed by atoms with E-state index in [1.807, 2.05) is 13.8 Å². The summed E-state index contributed by atoms with van der Waals surface area (Å²) in [5, 5.41) is 2.84. The molecule has 5 atom stereocenters. The van der Waals surface area contributed by atoms with Crippen molar-refractivity contribution >= 4 is 18.0 Å². The van der Waals surface area contributed by atoms with Gasteiger partial charge in [-0.25, -0.2) is 4.79 Å². The van der Waals surface area contributed by atoms with Gasteiger partial charge in [-0.15, -0.1) is 0 Å². The third kappa shape index (κ3) is 6.36. The van der Waals surface area contributed by atoms with E-state index in [-0.39, 0.29) is 18.4 Å². The van der Waals surface area contributed by atoms with E-state index in [0.717, 1.165) is 12.8 Å². The molecule has 0 aromatic rings.